The van der Waals surface area contributed by atoms with Crippen molar-refractivity contribution < 1.29 is 0 Å². The lowest BCUT2D eigenvalue weighted by atomic mass is 10.5. The lowest BCUT2D eigenvalue weighted by Crippen LogP contribution is -2.06. The molecule has 1 heterocycles. The summed E-state index contributed by atoms with van der Waals surface area (Å²) in [5.41, 5.74) is 0. The molecule has 0 saturated carbocycles. The first-order valence-electron chi connectivity index (χ1n) is 3.54. The Morgan fingerprint density at radius 2 is 1.36 bits per heavy atom. The monoisotopic (exact) mass is 187 g/mol. The molecule has 3 heteroatoms. The van der Waals surface area contributed by atoms with Crippen molar-refractivity contribution in [3.8, 4) is 0 Å². The van der Waals surface area contributed by atoms with Crippen LogP contribution in [0, 0.1) is 0 Å². The van der Waals surface area contributed by atoms with Gasteiger partial charge in [0.25, 0.3) is 0 Å². The summed E-state index contributed by atoms with van der Waals surface area (Å²) in [6.07, 6.45) is 3.50. The summed E-state index contributed by atoms with van der Waals surface area (Å²) in [6, 6.07) is 5.72. The normalized spacial score (nSPS) is 9.82. The van der Waals surface area contributed by atoms with Crippen LogP contribution in [-0.4, -0.2) is 12.4 Å². The maximum atomic E-state index is 5.67. The summed E-state index contributed by atoms with van der Waals surface area (Å²) < 4.78 is 0. The Morgan fingerprint density at radius 3 is 1.45 bits per heavy atom. The molecule has 1 aromatic rings. The molecule has 1 rings (SSSR count). The van der Waals surface area contributed by atoms with Gasteiger partial charge < -0.3 is 0 Å². The molecule has 0 bridgehead atoms. The van der Waals surface area contributed by atoms with E-state index in [0.29, 0.717) is 0 Å². The lowest BCUT2D eigenvalue weighted by Gasteiger charge is -1.97. The molecule has 0 saturated heterocycles. The van der Waals surface area contributed by atoms with Crippen LogP contribution in [-0.2, 0) is 0 Å². The summed E-state index contributed by atoms with van der Waals surface area (Å²) in [6.45, 7) is 6.28. The Kier molecular flexibility index (Phi) is 5.16. The molecule has 0 spiro atoms. The van der Waals surface area contributed by atoms with E-state index in [1.54, 1.807) is 12.4 Å². The van der Waals surface area contributed by atoms with Crippen LogP contribution in [0.5, 0.6) is 0 Å². The molecule has 0 aliphatic rings. The molecule has 0 aliphatic carbocycles. The fourth-order valence-corrected chi connectivity index (χ4v) is 0.313. The number of pyridine rings is 1. The van der Waals surface area contributed by atoms with Gasteiger partial charge in [0.1, 0.15) is 7.38 Å². The smallest absolute Gasteiger partial charge is 0.147 e. The zero-order valence-corrected chi connectivity index (χ0v) is 8.97. The van der Waals surface area contributed by atoms with Crippen LogP contribution < -0.4 is 0 Å². The van der Waals surface area contributed by atoms with Gasteiger partial charge in [-0.1, -0.05) is 25.7 Å². The fraction of sp³-hybridized carbons (Fsp3) is 0.375. The van der Waals surface area contributed by atoms with Gasteiger partial charge >= 0.3 is 0 Å². The molecule has 1 aromatic heterocycles. The van der Waals surface area contributed by atoms with E-state index in [0.717, 1.165) is 0 Å². The molecular formula is C8H14ClNSi. The second-order valence-corrected chi connectivity index (χ2v) is 10.6. The van der Waals surface area contributed by atoms with Gasteiger partial charge in [-0.15, -0.1) is 0 Å². The van der Waals surface area contributed by atoms with E-state index >= 15 is 0 Å². The minimum absolute atomic E-state index is 1.14. The van der Waals surface area contributed by atoms with Crippen LogP contribution >= 0.6 is 11.1 Å². The van der Waals surface area contributed by atoms with E-state index in [2.05, 4.69) is 24.6 Å². The largest absolute Gasteiger partial charge is 0.265 e. The van der Waals surface area contributed by atoms with E-state index in [1.165, 1.54) is 0 Å². The first-order chi connectivity index (χ1) is 5.00. The maximum absolute atomic E-state index is 5.67. The third kappa shape index (κ3) is 17.7. The van der Waals surface area contributed by atoms with Gasteiger partial charge in [-0.25, -0.2) is 0 Å². The molecule has 1 nitrogen and oxygen atoms in total. The third-order valence-electron chi connectivity index (χ3n) is 0.566. The van der Waals surface area contributed by atoms with Crippen molar-refractivity contribution in [3.05, 3.63) is 30.6 Å². The summed E-state index contributed by atoms with van der Waals surface area (Å²) in [4.78, 5) is 3.78. The van der Waals surface area contributed by atoms with Gasteiger partial charge in [-0.3, -0.25) is 4.98 Å². The van der Waals surface area contributed by atoms with Crippen molar-refractivity contribution in [3.63, 3.8) is 0 Å². The summed E-state index contributed by atoms with van der Waals surface area (Å²) in [5.74, 6) is 0. The second-order valence-electron chi connectivity index (χ2n) is 3.09. The van der Waals surface area contributed by atoms with Crippen LogP contribution in [0.2, 0.25) is 19.6 Å². The number of aromatic nitrogens is 1. The standard InChI is InChI=1S/C5H5N.C3H9ClSi/c1-2-4-6-5-3-1;1-5(2,3)4/h1-5H;1-3H3. The highest BCUT2D eigenvalue weighted by atomic mass is 35.6. The van der Waals surface area contributed by atoms with Gasteiger partial charge in [0.15, 0.2) is 0 Å². The van der Waals surface area contributed by atoms with Gasteiger partial charge in [-0.2, -0.15) is 11.1 Å². The highest BCUT2D eigenvalue weighted by Crippen LogP contribution is 2.03. The van der Waals surface area contributed by atoms with Crippen molar-refractivity contribution in [2.24, 2.45) is 0 Å². The van der Waals surface area contributed by atoms with Crippen LogP contribution in [0.15, 0.2) is 30.6 Å². The van der Waals surface area contributed by atoms with E-state index < -0.39 is 7.38 Å². The van der Waals surface area contributed by atoms with E-state index in [9.17, 15) is 0 Å². The fourth-order valence-electron chi connectivity index (χ4n) is 0.313. The summed E-state index contributed by atoms with van der Waals surface area (Å²) in [5, 5.41) is 0. The molecule has 62 valence electrons. The van der Waals surface area contributed by atoms with Crippen molar-refractivity contribution in [2.75, 3.05) is 0 Å². The Bertz CT molecular complexity index is 138. The van der Waals surface area contributed by atoms with Crippen LogP contribution in [0.1, 0.15) is 0 Å². The highest BCUT2D eigenvalue weighted by molar-refractivity contribution is 7.18. The highest BCUT2D eigenvalue weighted by Gasteiger charge is 2.04. The number of hydrogen-bond donors (Lipinski definition) is 0. The Labute approximate surface area is 74.1 Å². The summed E-state index contributed by atoms with van der Waals surface area (Å²) >= 11 is 5.67. The molecule has 0 atom stereocenters. The molecule has 0 aliphatic heterocycles. The SMILES string of the molecule is C[Si](C)(C)Cl.c1ccncc1. The van der Waals surface area contributed by atoms with E-state index in [-0.39, 0.29) is 0 Å². The van der Waals surface area contributed by atoms with Crippen LogP contribution in [0.4, 0.5) is 0 Å². The van der Waals surface area contributed by atoms with Gasteiger partial charge in [-0.05, 0) is 12.1 Å². The van der Waals surface area contributed by atoms with Crippen molar-refractivity contribution in [1.82, 2.24) is 4.98 Å². The molecule has 0 fully saturated rings. The van der Waals surface area contributed by atoms with Crippen LogP contribution in [0.3, 0.4) is 0 Å². The van der Waals surface area contributed by atoms with Gasteiger partial charge in [0.05, 0.1) is 0 Å². The molecule has 0 unspecified atom stereocenters. The average Bonchev–Trinajstić information content (AvgIpc) is 1.88. The first kappa shape index (κ1) is 10.7. The first-order valence-corrected chi connectivity index (χ1v) is 8.05. The van der Waals surface area contributed by atoms with Crippen molar-refractivity contribution in [2.45, 2.75) is 19.6 Å². The zero-order valence-electron chi connectivity index (χ0n) is 7.21. The number of nitrogens with zero attached hydrogens (tertiary/aromatic N) is 1. The Morgan fingerprint density at radius 1 is 1.00 bits per heavy atom. The Balaban J connectivity index is 0.000000187. The number of hydrogen-bond acceptors (Lipinski definition) is 1. The minimum atomic E-state index is -1.14. The number of rotatable bonds is 0. The minimum Gasteiger partial charge on any atom is -0.265 e. The average molecular weight is 188 g/mol. The van der Waals surface area contributed by atoms with Gasteiger partial charge in [0.2, 0.25) is 0 Å². The zero-order chi connectivity index (χ0) is 8.74. The van der Waals surface area contributed by atoms with Gasteiger partial charge in [0, 0.05) is 12.4 Å². The van der Waals surface area contributed by atoms with E-state index in [1.807, 2.05) is 18.2 Å². The molecule has 11 heavy (non-hydrogen) atoms. The topological polar surface area (TPSA) is 12.9 Å². The molecule has 0 N–H and O–H groups in total. The van der Waals surface area contributed by atoms with Crippen molar-refractivity contribution >= 4 is 18.5 Å². The molecule has 0 amide bonds. The third-order valence-corrected chi connectivity index (χ3v) is 0.566. The molecular weight excluding hydrogens is 174 g/mol. The second kappa shape index (κ2) is 5.33. The predicted octanol–water partition coefficient (Wildman–Crippen LogP) is 3.14. The number of halogens is 1. The quantitative estimate of drug-likeness (QED) is 0.449. The van der Waals surface area contributed by atoms with Crippen LogP contribution in [0.25, 0.3) is 0 Å². The lowest BCUT2D eigenvalue weighted by molar-refractivity contribution is 1.33. The Hall–Kier alpha value is -0.343. The predicted molar refractivity (Wildman–Crippen MR) is 53.4 cm³/mol. The molecule has 0 radical (unpaired) electrons. The summed E-state index contributed by atoms with van der Waals surface area (Å²) in [7, 11) is -1.14. The molecule has 0 aromatic carbocycles. The maximum Gasteiger partial charge on any atom is 0.147 e. The van der Waals surface area contributed by atoms with Crippen molar-refractivity contribution in [1.29, 1.82) is 0 Å². The van der Waals surface area contributed by atoms with E-state index in [4.69, 9.17) is 11.1 Å².